The fourth-order valence-corrected chi connectivity index (χ4v) is 2.25. The Morgan fingerprint density at radius 2 is 2.42 bits per heavy atom. The Labute approximate surface area is 112 Å². The van der Waals surface area contributed by atoms with Crippen molar-refractivity contribution in [1.82, 2.24) is 9.80 Å². The predicted octanol–water partition coefficient (Wildman–Crippen LogP) is 0.264. The van der Waals surface area contributed by atoms with Crippen molar-refractivity contribution in [1.29, 1.82) is 5.26 Å². The van der Waals surface area contributed by atoms with Gasteiger partial charge in [-0.1, -0.05) is 6.08 Å². The van der Waals surface area contributed by atoms with Crippen molar-refractivity contribution in [2.24, 2.45) is 0 Å². The highest BCUT2D eigenvalue weighted by molar-refractivity contribution is 5.98. The normalized spacial score (nSPS) is 20.7. The van der Waals surface area contributed by atoms with Crippen molar-refractivity contribution in [3.8, 4) is 6.07 Å². The van der Waals surface area contributed by atoms with E-state index in [-0.39, 0.29) is 18.6 Å². The van der Waals surface area contributed by atoms with Crippen molar-refractivity contribution < 1.29 is 14.3 Å². The molecule has 1 saturated heterocycles. The largest absolute Gasteiger partial charge is 0.460 e. The summed E-state index contributed by atoms with van der Waals surface area (Å²) in [6.07, 6.45) is 3.51. The Bertz CT molecular complexity index is 453. The fraction of sp³-hybridized carbons (Fsp3) is 0.615. The summed E-state index contributed by atoms with van der Waals surface area (Å²) in [5.41, 5.74) is 0.390. The zero-order valence-corrected chi connectivity index (χ0v) is 11.0. The first-order valence-corrected chi connectivity index (χ1v) is 6.38. The molecule has 2 heterocycles. The minimum Gasteiger partial charge on any atom is -0.460 e. The molecule has 6 heteroatoms. The van der Waals surface area contributed by atoms with Gasteiger partial charge < -0.3 is 14.5 Å². The minimum absolute atomic E-state index is 0.00293. The number of carbonyl (C=O) groups excluding carboxylic acids is 2. The quantitative estimate of drug-likeness (QED) is 0.508. The van der Waals surface area contributed by atoms with Gasteiger partial charge in [0, 0.05) is 32.0 Å². The van der Waals surface area contributed by atoms with Gasteiger partial charge in [0.25, 0.3) is 0 Å². The molecule has 2 aliphatic heterocycles. The van der Waals surface area contributed by atoms with Gasteiger partial charge in [0.15, 0.2) is 0 Å². The zero-order valence-electron chi connectivity index (χ0n) is 11.0. The van der Waals surface area contributed by atoms with Gasteiger partial charge in [0.1, 0.15) is 12.3 Å². The number of carbonyl (C=O) groups is 2. The van der Waals surface area contributed by atoms with E-state index in [0.29, 0.717) is 31.6 Å². The van der Waals surface area contributed by atoms with Crippen molar-refractivity contribution in [2.45, 2.75) is 25.3 Å². The number of likely N-dealkylation sites (N-methyl/N-ethyl adjacent to an activating group) is 1. The predicted molar refractivity (Wildman–Crippen MR) is 66.6 cm³/mol. The number of hydrogen-bond acceptors (Lipinski definition) is 5. The van der Waals surface area contributed by atoms with Crippen LogP contribution in [0.4, 0.5) is 0 Å². The third kappa shape index (κ3) is 2.93. The Hall–Kier alpha value is -1.87. The number of ether oxygens (including phenoxy) is 1. The van der Waals surface area contributed by atoms with Crippen LogP contribution in [0, 0.1) is 11.3 Å². The SMILES string of the molecule is CN(CCC#N)CCOC(=O)C1=CCC2CC(=O)N12. The number of fused-ring (bicyclic) bond motifs is 1. The second-order valence-corrected chi connectivity index (χ2v) is 4.79. The van der Waals surface area contributed by atoms with Gasteiger partial charge in [0.2, 0.25) is 5.91 Å². The molecule has 1 atom stereocenters. The molecule has 0 saturated carbocycles. The van der Waals surface area contributed by atoms with Crippen LogP contribution in [0.2, 0.25) is 0 Å². The van der Waals surface area contributed by atoms with Gasteiger partial charge in [-0.25, -0.2) is 4.79 Å². The topological polar surface area (TPSA) is 73.6 Å². The molecule has 19 heavy (non-hydrogen) atoms. The molecule has 0 aromatic rings. The Balaban J connectivity index is 1.71. The molecule has 102 valence electrons. The van der Waals surface area contributed by atoms with Crippen LogP contribution < -0.4 is 0 Å². The number of amides is 1. The van der Waals surface area contributed by atoms with Crippen LogP contribution in [0.1, 0.15) is 19.3 Å². The lowest BCUT2D eigenvalue weighted by Gasteiger charge is -2.35. The van der Waals surface area contributed by atoms with Gasteiger partial charge in [0.05, 0.1) is 6.07 Å². The summed E-state index contributed by atoms with van der Waals surface area (Å²) < 4.78 is 5.15. The van der Waals surface area contributed by atoms with E-state index in [1.54, 1.807) is 6.08 Å². The lowest BCUT2D eigenvalue weighted by atomic mass is 10.0. The van der Waals surface area contributed by atoms with Gasteiger partial charge in [-0.15, -0.1) is 0 Å². The van der Waals surface area contributed by atoms with Gasteiger partial charge >= 0.3 is 5.97 Å². The highest BCUT2D eigenvalue weighted by atomic mass is 16.5. The maximum atomic E-state index is 11.8. The highest BCUT2D eigenvalue weighted by Crippen LogP contribution is 2.33. The van der Waals surface area contributed by atoms with E-state index < -0.39 is 5.97 Å². The number of β-lactam (4-membered cyclic amide) rings is 1. The second kappa shape index (κ2) is 5.85. The van der Waals surface area contributed by atoms with E-state index >= 15 is 0 Å². The molecule has 0 aromatic carbocycles. The Morgan fingerprint density at radius 1 is 1.63 bits per heavy atom. The molecule has 0 aliphatic carbocycles. The average Bonchev–Trinajstić information content (AvgIpc) is 2.73. The van der Waals surface area contributed by atoms with E-state index in [1.165, 1.54) is 4.90 Å². The first kappa shape index (κ1) is 13.6. The molecular weight excluding hydrogens is 246 g/mol. The van der Waals surface area contributed by atoms with Gasteiger partial charge in [-0.2, -0.15) is 5.26 Å². The van der Waals surface area contributed by atoms with Crippen molar-refractivity contribution >= 4 is 11.9 Å². The lowest BCUT2D eigenvalue weighted by Crippen LogP contribution is -2.49. The molecule has 0 aromatic heterocycles. The maximum absolute atomic E-state index is 11.8. The summed E-state index contributed by atoms with van der Waals surface area (Å²) in [4.78, 5) is 26.6. The molecule has 2 rings (SSSR count). The standard InChI is InChI=1S/C13H17N3O3/c1-15(6-2-5-14)7-8-19-13(18)11-4-3-10-9-12(17)16(10)11/h4,10H,2-3,6-9H2,1H3. The van der Waals surface area contributed by atoms with Crippen LogP contribution in [0.25, 0.3) is 0 Å². The molecule has 1 amide bonds. The molecule has 0 radical (unpaired) electrons. The van der Waals surface area contributed by atoms with Gasteiger partial charge in [-0.05, 0) is 13.5 Å². The van der Waals surface area contributed by atoms with Crippen LogP contribution in [-0.2, 0) is 14.3 Å². The second-order valence-electron chi connectivity index (χ2n) is 4.79. The first-order chi connectivity index (χ1) is 9.13. The molecule has 1 fully saturated rings. The first-order valence-electron chi connectivity index (χ1n) is 6.38. The smallest absolute Gasteiger partial charge is 0.354 e. The summed E-state index contributed by atoms with van der Waals surface area (Å²) in [6, 6.07) is 2.24. The summed E-state index contributed by atoms with van der Waals surface area (Å²) in [5.74, 6) is -0.430. The maximum Gasteiger partial charge on any atom is 0.354 e. The van der Waals surface area contributed by atoms with Crippen LogP contribution in [0.5, 0.6) is 0 Å². The fourth-order valence-electron chi connectivity index (χ4n) is 2.25. The van der Waals surface area contributed by atoms with E-state index in [9.17, 15) is 9.59 Å². The molecule has 6 nitrogen and oxygen atoms in total. The Morgan fingerprint density at radius 3 is 3.11 bits per heavy atom. The van der Waals surface area contributed by atoms with Crippen LogP contribution in [-0.4, -0.2) is 54.5 Å². The number of nitriles is 1. The van der Waals surface area contributed by atoms with E-state index in [4.69, 9.17) is 10.00 Å². The zero-order chi connectivity index (χ0) is 13.8. The molecule has 2 aliphatic rings. The van der Waals surface area contributed by atoms with Crippen LogP contribution >= 0.6 is 0 Å². The molecule has 0 spiro atoms. The minimum atomic E-state index is -0.427. The molecular formula is C13H17N3O3. The lowest BCUT2D eigenvalue weighted by molar-refractivity contribution is -0.150. The van der Waals surface area contributed by atoms with Crippen molar-refractivity contribution in [2.75, 3.05) is 26.7 Å². The monoisotopic (exact) mass is 263 g/mol. The van der Waals surface area contributed by atoms with Crippen LogP contribution in [0.15, 0.2) is 11.8 Å². The highest BCUT2D eigenvalue weighted by Gasteiger charge is 2.44. The molecule has 0 bridgehead atoms. The van der Waals surface area contributed by atoms with Gasteiger partial charge in [-0.3, -0.25) is 4.79 Å². The van der Waals surface area contributed by atoms with E-state index in [2.05, 4.69) is 6.07 Å². The third-order valence-electron chi connectivity index (χ3n) is 3.41. The summed E-state index contributed by atoms with van der Waals surface area (Å²) in [5, 5.41) is 8.45. The number of nitrogens with zero attached hydrogens (tertiary/aromatic N) is 3. The third-order valence-corrected chi connectivity index (χ3v) is 3.41. The summed E-state index contributed by atoms with van der Waals surface area (Å²) >= 11 is 0. The van der Waals surface area contributed by atoms with E-state index in [0.717, 1.165) is 6.42 Å². The molecule has 0 N–H and O–H groups in total. The summed E-state index contributed by atoms with van der Waals surface area (Å²) in [6.45, 7) is 1.51. The number of esters is 1. The number of rotatable bonds is 6. The summed E-state index contributed by atoms with van der Waals surface area (Å²) in [7, 11) is 1.87. The van der Waals surface area contributed by atoms with Crippen molar-refractivity contribution in [3.05, 3.63) is 11.8 Å². The van der Waals surface area contributed by atoms with E-state index in [1.807, 2.05) is 11.9 Å². The average molecular weight is 263 g/mol. The Kier molecular flexibility index (Phi) is 4.17. The molecule has 1 unspecified atom stereocenters. The number of hydrogen-bond donors (Lipinski definition) is 0. The van der Waals surface area contributed by atoms with Crippen LogP contribution in [0.3, 0.4) is 0 Å². The van der Waals surface area contributed by atoms with Crippen molar-refractivity contribution in [3.63, 3.8) is 0 Å².